The van der Waals surface area contributed by atoms with E-state index in [0.29, 0.717) is 13.0 Å². The van der Waals surface area contributed by atoms with Crippen LogP contribution in [0.15, 0.2) is 0 Å². The van der Waals surface area contributed by atoms with Gasteiger partial charge in [-0.3, -0.25) is 9.80 Å². The largest absolute Gasteiger partial charge is 0.480 e. The van der Waals surface area contributed by atoms with Gasteiger partial charge < -0.3 is 9.84 Å². The maximum absolute atomic E-state index is 12.2. The Kier molecular flexibility index (Phi) is 4.22. The van der Waals surface area contributed by atoms with Crippen molar-refractivity contribution < 1.29 is 19.4 Å². The van der Waals surface area contributed by atoms with Gasteiger partial charge in [0, 0.05) is 12.6 Å². The molecule has 0 aromatic rings. The van der Waals surface area contributed by atoms with E-state index in [9.17, 15) is 14.7 Å². The number of hydrogen-bond acceptors (Lipinski definition) is 4. The number of carbonyl (C=O) groups excluding carboxylic acids is 1. The SMILES string of the molecule is CC(C)(C)OC(=O)N1CCC(N2CCCC2)C1C(=O)O. The molecule has 2 aliphatic heterocycles. The lowest BCUT2D eigenvalue weighted by atomic mass is 10.1. The topological polar surface area (TPSA) is 70.1 Å². The smallest absolute Gasteiger partial charge is 0.411 e. The van der Waals surface area contributed by atoms with E-state index >= 15 is 0 Å². The summed E-state index contributed by atoms with van der Waals surface area (Å²) >= 11 is 0. The minimum absolute atomic E-state index is 0.0810. The molecule has 0 saturated carbocycles. The average Bonchev–Trinajstić information content (AvgIpc) is 2.95. The van der Waals surface area contributed by atoms with Gasteiger partial charge in [-0.1, -0.05) is 0 Å². The van der Waals surface area contributed by atoms with Crippen LogP contribution in [0.1, 0.15) is 40.0 Å². The van der Waals surface area contributed by atoms with Crippen molar-refractivity contribution in [3.63, 3.8) is 0 Å². The minimum atomic E-state index is -0.940. The van der Waals surface area contributed by atoms with Crippen molar-refractivity contribution in [3.05, 3.63) is 0 Å². The Morgan fingerprint density at radius 1 is 1.15 bits per heavy atom. The first-order valence-electron chi connectivity index (χ1n) is 7.26. The number of amides is 1. The molecule has 1 N–H and O–H groups in total. The van der Waals surface area contributed by atoms with Gasteiger partial charge in [0.15, 0.2) is 0 Å². The van der Waals surface area contributed by atoms with Crippen molar-refractivity contribution in [2.45, 2.75) is 57.7 Å². The molecule has 0 radical (unpaired) electrons. The Morgan fingerprint density at radius 3 is 2.25 bits per heavy atom. The van der Waals surface area contributed by atoms with Gasteiger partial charge in [-0.2, -0.15) is 0 Å². The molecular weight excluding hydrogens is 260 g/mol. The normalized spacial score (nSPS) is 27.9. The number of carboxylic acid groups (broad SMARTS) is 1. The Morgan fingerprint density at radius 2 is 1.75 bits per heavy atom. The molecule has 2 saturated heterocycles. The highest BCUT2D eigenvalue weighted by molar-refractivity contribution is 5.81. The molecule has 6 heteroatoms. The Bertz CT molecular complexity index is 385. The standard InChI is InChI=1S/C14H24N2O4/c1-14(2,3)20-13(19)16-9-6-10(11(16)12(17)18)15-7-4-5-8-15/h10-11H,4-9H2,1-3H3,(H,17,18). The lowest BCUT2D eigenvalue weighted by Gasteiger charge is -2.31. The zero-order valence-corrected chi connectivity index (χ0v) is 12.5. The van der Waals surface area contributed by atoms with E-state index in [-0.39, 0.29) is 6.04 Å². The minimum Gasteiger partial charge on any atom is -0.480 e. The molecule has 0 aromatic heterocycles. The van der Waals surface area contributed by atoms with Gasteiger partial charge in [-0.15, -0.1) is 0 Å². The van der Waals surface area contributed by atoms with E-state index in [0.717, 1.165) is 25.9 Å². The number of carbonyl (C=O) groups is 2. The monoisotopic (exact) mass is 284 g/mol. The van der Waals surface area contributed by atoms with Gasteiger partial charge in [-0.25, -0.2) is 9.59 Å². The summed E-state index contributed by atoms with van der Waals surface area (Å²) in [5, 5.41) is 9.49. The van der Waals surface area contributed by atoms with E-state index < -0.39 is 23.7 Å². The van der Waals surface area contributed by atoms with Crippen LogP contribution in [0.2, 0.25) is 0 Å². The molecule has 2 rings (SSSR count). The average molecular weight is 284 g/mol. The highest BCUT2D eigenvalue weighted by atomic mass is 16.6. The van der Waals surface area contributed by atoms with Gasteiger partial charge in [0.05, 0.1) is 0 Å². The molecule has 1 amide bonds. The van der Waals surface area contributed by atoms with Crippen LogP contribution in [0, 0.1) is 0 Å². The summed E-state index contributed by atoms with van der Waals surface area (Å²) in [5.41, 5.74) is -0.605. The molecule has 0 aromatic carbocycles. The summed E-state index contributed by atoms with van der Waals surface area (Å²) in [6.07, 6.45) is 2.40. The van der Waals surface area contributed by atoms with Crippen molar-refractivity contribution in [2.75, 3.05) is 19.6 Å². The molecule has 2 atom stereocenters. The van der Waals surface area contributed by atoms with Gasteiger partial charge in [0.2, 0.25) is 0 Å². The van der Waals surface area contributed by atoms with Crippen molar-refractivity contribution in [3.8, 4) is 0 Å². The number of nitrogens with zero attached hydrogens (tertiary/aromatic N) is 2. The van der Waals surface area contributed by atoms with Crippen LogP contribution in [0.25, 0.3) is 0 Å². The van der Waals surface area contributed by atoms with Crippen LogP contribution in [-0.4, -0.2) is 64.3 Å². The van der Waals surface area contributed by atoms with E-state index in [1.54, 1.807) is 20.8 Å². The molecule has 2 unspecified atom stereocenters. The number of carboxylic acids is 1. The van der Waals surface area contributed by atoms with Crippen molar-refractivity contribution >= 4 is 12.1 Å². The fourth-order valence-corrected chi connectivity index (χ4v) is 3.05. The van der Waals surface area contributed by atoms with E-state index in [2.05, 4.69) is 4.90 Å². The molecule has 114 valence electrons. The first kappa shape index (κ1) is 15.1. The number of rotatable bonds is 2. The second-order valence-corrected chi connectivity index (χ2v) is 6.56. The van der Waals surface area contributed by atoms with Gasteiger partial charge in [0.1, 0.15) is 11.6 Å². The zero-order chi connectivity index (χ0) is 14.9. The lowest BCUT2D eigenvalue weighted by Crippen LogP contribution is -2.51. The first-order chi connectivity index (χ1) is 9.29. The van der Waals surface area contributed by atoms with Crippen molar-refractivity contribution in [1.82, 2.24) is 9.80 Å². The fraction of sp³-hybridized carbons (Fsp3) is 0.857. The highest BCUT2D eigenvalue weighted by Crippen LogP contribution is 2.28. The summed E-state index contributed by atoms with van der Waals surface area (Å²) in [7, 11) is 0. The molecule has 20 heavy (non-hydrogen) atoms. The summed E-state index contributed by atoms with van der Waals surface area (Å²) in [6, 6.07) is -0.870. The van der Waals surface area contributed by atoms with E-state index in [1.165, 1.54) is 4.90 Å². The van der Waals surface area contributed by atoms with Crippen LogP contribution >= 0.6 is 0 Å². The van der Waals surface area contributed by atoms with Crippen molar-refractivity contribution in [2.24, 2.45) is 0 Å². The fourth-order valence-electron chi connectivity index (χ4n) is 3.05. The number of hydrogen-bond donors (Lipinski definition) is 1. The van der Waals surface area contributed by atoms with Crippen LogP contribution in [-0.2, 0) is 9.53 Å². The third-order valence-electron chi connectivity index (χ3n) is 3.86. The molecule has 2 aliphatic rings. The van der Waals surface area contributed by atoms with E-state index in [1.807, 2.05) is 0 Å². The predicted molar refractivity (Wildman–Crippen MR) is 73.6 cm³/mol. The van der Waals surface area contributed by atoms with Gasteiger partial charge in [-0.05, 0) is 53.1 Å². The van der Waals surface area contributed by atoms with Crippen LogP contribution < -0.4 is 0 Å². The quantitative estimate of drug-likeness (QED) is 0.833. The molecule has 0 bridgehead atoms. The molecular formula is C14H24N2O4. The maximum Gasteiger partial charge on any atom is 0.411 e. The third kappa shape index (κ3) is 3.23. The number of likely N-dealkylation sites (tertiary alicyclic amines) is 2. The van der Waals surface area contributed by atoms with Crippen LogP contribution in [0.3, 0.4) is 0 Å². The zero-order valence-electron chi connectivity index (χ0n) is 12.5. The molecule has 0 aliphatic carbocycles. The predicted octanol–water partition coefficient (Wildman–Crippen LogP) is 1.54. The Balaban J connectivity index is 2.09. The first-order valence-corrected chi connectivity index (χ1v) is 7.26. The highest BCUT2D eigenvalue weighted by Gasteiger charge is 2.46. The van der Waals surface area contributed by atoms with Crippen LogP contribution in [0.4, 0.5) is 4.79 Å². The second-order valence-electron chi connectivity index (χ2n) is 6.56. The summed E-state index contributed by atoms with van der Waals surface area (Å²) in [6.45, 7) is 7.67. The molecule has 6 nitrogen and oxygen atoms in total. The lowest BCUT2D eigenvalue weighted by molar-refractivity contribution is -0.143. The summed E-state index contributed by atoms with van der Waals surface area (Å²) < 4.78 is 5.32. The summed E-state index contributed by atoms with van der Waals surface area (Å²) in [5.74, 6) is -0.940. The van der Waals surface area contributed by atoms with Gasteiger partial charge >= 0.3 is 12.1 Å². The number of aliphatic carboxylic acids is 1. The second kappa shape index (κ2) is 5.60. The summed E-state index contributed by atoms with van der Waals surface area (Å²) in [4.78, 5) is 27.3. The molecule has 0 spiro atoms. The Labute approximate surface area is 119 Å². The molecule has 2 heterocycles. The van der Waals surface area contributed by atoms with Crippen LogP contribution in [0.5, 0.6) is 0 Å². The third-order valence-corrected chi connectivity index (χ3v) is 3.86. The van der Waals surface area contributed by atoms with Gasteiger partial charge in [0.25, 0.3) is 0 Å². The number of ether oxygens (including phenoxy) is 1. The Hall–Kier alpha value is -1.30. The molecule has 2 fully saturated rings. The maximum atomic E-state index is 12.2. The van der Waals surface area contributed by atoms with E-state index in [4.69, 9.17) is 4.74 Å². The van der Waals surface area contributed by atoms with Crippen molar-refractivity contribution in [1.29, 1.82) is 0 Å².